The maximum absolute atomic E-state index is 12.6. The van der Waals surface area contributed by atoms with Crippen LogP contribution >= 0.6 is 11.6 Å². The van der Waals surface area contributed by atoms with Crippen molar-refractivity contribution in [1.82, 2.24) is 5.32 Å². The lowest BCUT2D eigenvalue weighted by Gasteiger charge is -2.25. The lowest BCUT2D eigenvalue weighted by Crippen LogP contribution is -2.31. The number of nitrogens with one attached hydrogen (secondary N) is 1. The van der Waals surface area contributed by atoms with Crippen molar-refractivity contribution < 1.29 is 13.9 Å². The second-order valence-corrected chi connectivity index (χ2v) is 4.96. The van der Waals surface area contributed by atoms with Crippen molar-refractivity contribution >= 4 is 17.3 Å². The van der Waals surface area contributed by atoms with Gasteiger partial charge >= 0.3 is 0 Å². The molecule has 0 radical (unpaired) electrons. The highest BCUT2D eigenvalue weighted by atomic mass is 35.5. The first-order chi connectivity index (χ1) is 9.49. The number of aliphatic hydroxyl groups is 1. The SMILES string of the molecule is CCNC(C)c1ccc(N(CCO)CC(F)F)c(Cl)c1. The molecule has 1 rings (SSSR count). The summed E-state index contributed by atoms with van der Waals surface area (Å²) in [6.07, 6.45) is -2.47. The van der Waals surface area contributed by atoms with Gasteiger partial charge in [0.1, 0.15) is 0 Å². The van der Waals surface area contributed by atoms with Gasteiger partial charge in [-0.05, 0) is 31.2 Å². The van der Waals surface area contributed by atoms with Crippen LogP contribution in [0.1, 0.15) is 25.5 Å². The summed E-state index contributed by atoms with van der Waals surface area (Å²) in [7, 11) is 0. The van der Waals surface area contributed by atoms with Gasteiger partial charge < -0.3 is 15.3 Å². The van der Waals surface area contributed by atoms with Crippen LogP contribution in [0.15, 0.2) is 18.2 Å². The number of alkyl halides is 2. The molecule has 0 fully saturated rings. The van der Waals surface area contributed by atoms with Crippen molar-refractivity contribution in [2.45, 2.75) is 26.3 Å². The van der Waals surface area contributed by atoms with E-state index in [1.807, 2.05) is 19.9 Å². The van der Waals surface area contributed by atoms with E-state index in [0.717, 1.165) is 12.1 Å². The molecule has 0 heterocycles. The first-order valence-corrected chi connectivity index (χ1v) is 7.04. The number of rotatable bonds is 8. The highest BCUT2D eigenvalue weighted by molar-refractivity contribution is 6.33. The van der Waals surface area contributed by atoms with E-state index in [1.54, 1.807) is 12.1 Å². The number of benzene rings is 1. The van der Waals surface area contributed by atoms with E-state index in [1.165, 1.54) is 4.90 Å². The number of halogens is 3. The van der Waals surface area contributed by atoms with Gasteiger partial charge in [-0.25, -0.2) is 8.78 Å². The third-order valence-corrected chi connectivity index (χ3v) is 3.35. The van der Waals surface area contributed by atoms with Crippen LogP contribution in [-0.4, -0.2) is 37.8 Å². The van der Waals surface area contributed by atoms with Crippen molar-refractivity contribution in [1.29, 1.82) is 0 Å². The molecule has 1 aromatic carbocycles. The number of hydrogen-bond donors (Lipinski definition) is 2. The molecule has 0 amide bonds. The molecule has 0 aliphatic heterocycles. The van der Waals surface area contributed by atoms with E-state index < -0.39 is 13.0 Å². The van der Waals surface area contributed by atoms with Crippen LogP contribution in [0, 0.1) is 0 Å². The van der Waals surface area contributed by atoms with Crippen molar-refractivity contribution in [3.8, 4) is 0 Å². The minimum Gasteiger partial charge on any atom is -0.395 e. The molecule has 1 unspecified atom stereocenters. The van der Waals surface area contributed by atoms with Gasteiger partial charge in [0.15, 0.2) is 0 Å². The zero-order valence-corrected chi connectivity index (χ0v) is 12.5. The molecule has 3 nitrogen and oxygen atoms in total. The number of aliphatic hydroxyl groups excluding tert-OH is 1. The molecule has 0 aromatic heterocycles. The molecular formula is C14H21ClF2N2O. The normalized spacial score (nSPS) is 12.8. The van der Waals surface area contributed by atoms with E-state index >= 15 is 0 Å². The minimum absolute atomic E-state index is 0.131. The number of hydrogen-bond acceptors (Lipinski definition) is 3. The molecular weight excluding hydrogens is 286 g/mol. The second kappa shape index (κ2) is 8.39. The Morgan fingerprint density at radius 3 is 2.60 bits per heavy atom. The molecule has 20 heavy (non-hydrogen) atoms. The Hall–Kier alpha value is -0.910. The fraction of sp³-hybridized carbons (Fsp3) is 0.571. The highest BCUT2D eigenvalue weighted by Crippen LogP contribution is 2.29. The summed E-state index contributed by atoms with van der Waals surface area (Å²) in [6, 6.07) is 5.52. The number of anilines is 1. The van der Waals surface area contributed by atoms with Gasteiger partial charge in [-0.2, -0.15) is 0 Å². The topological polar surface area (TPSA) is 35.5 Å². The Bertz CT molecular complexity index is 418. The minimum atomic E-state index is -2.47. The Labute approximate surface area is 123 Å². The fourth-order valence-corrected chi connectivity index (χ4v) is 2.38. The van der Waals surface area contributed by atoms with Crippen LogP contribution in [0.2, 0.25) is 5.02 Å². The van der Waals surface area contributed by atoms with Crippen LogP contribution in [0.5, 0.6) is 0 Å². The lowest BCUT2D eigenvalue weighted by molar-refractivity contribution is 0.153. The largest absolute Gasteiger partial charge is 0.395 e. The number of nitrogens with zero attached hydrogens (tertiary/aromatic N) is 1. The third kappa shape index (κ3) is 4.89. The van der Waals surface area contributed by atoms with E-state index in [9.17, 15) is 8.78 Å². The molecule has 0 bridgehead atoms. The molecule has 1 aromatic rings. The zero-order chi connectivity index (χ0) is 15.1. The monoisotopic (exact) mass is 306 g/mol. The first-order valence-electron chi connectivity index (χ1n) is 6.66. The Kier molecular flexibility index (Phi) is 7.19. The average Bonchev–Trinajstić information content (AvgIpc) is 2.38. The van der Waals surface area contributed by atoms with Crippen molar-refractivity contribution in [3.05, 3.63) is 28.8 Å². The van der Waals surface area contributed by atoms with Gasteiger partial charge in [-0.3, -0.25) is 0 Å². The van der Waals surface area contributed by atoms with Gasteiger partial charge in [0.2, 0.25) is 0 Å². The fourth-order valence-electron chi connectivity index (χ4n) is 2.07. The molecule has 0 saturated carbocycles. The zero-order valence-electron chi connectivity index (χ0n) is 11.7. The Balaban J connectivity index is 2.94. The van der Waals surface area contributed by atoms with Gasteiger partial charge in [0, 0.05) is 12.6 Å². The van der Waals surface area contributed by atoms with Crippen LogP contribution < -0.4 is 10.2 Å². The summed E-state index contributed by atoms with van der Waals surface area (Å²) in [4.78, 5) is 1.40. The van der Waals surface area contributed by atoms with Gasteiger partial charge in [-0.1, -0.05) is 24.6 Å². The van der Waals surface area contributed by atoms with Gasteiger partial charge in [0.25, 0.3) is 6.43 Å². The summed E-state index contributed by atoms with van der Waals surface area (Å²) in [5.41, 5.74) is 1.52. The van der Waals surface area contributed by atoms with Crippen molar-refractivity contribution in [2.24, 2.45) is 0 Å². The standard InChI is InChI=1S/C14H21ClF2N2O/c1-3-18-10(2)11-4-5-13(12(15)8-11)19(6-7-20)9-14(16)17/h4-5,8,10,14,18,20H,3,6-7,9H2,1-2H3. The molecule has 0 aliphatic carbocycles. The highest BCUT2D eigenvalue weighted by Gasteiger charge is 2.16. The molecule has 0 saturated heterocycles. The van der Waals surface area contributed by atoms with E-state index in [-0.39, 0.29) is 19.2 Å². The molecule has 1 atom stereocenters. The van der Waals surface area contributed by atoms with Crippen LogP contribution in [0.25, 0.3) is 0 Å². The summed E-state index contributed by atoms with van der Waals surface area (Å²) in [5, 5.41) is 12.7. The van der Waals surface area contributed by atoms with Crippen molar-refractivity contribution in [2.75, 3.05) is 31.1 Å². The molecule has 6 heteroatoms. The first kappa shape index (κ1) is 17.1. The molecule has 0 spiro atoms. The quantitative estimate of drug-likeness (QED) is 0.775. The van der Waals surface area contributed by atoms with Crippen molar-refractivity contribution in [3.63, 3.8) is 0 Å². The average molecular weight is 307 g/mol. The third-order valence-electron chi connectivity index (χ3n) is 3.05. The molecule has 2 N–H and O–H groups in total. The van der Waals surface area contributed by atoms with Crippen LogP contribution in [-0.2, 0) is 0 Å². The van der Waals surface area contributed by atoms with E-state index in [0.29, 0.717) is 10.7 Å². The maximum Gasteiger partial charge on any atom is 0.255 e. The Morgan fingerprint density at radius 2 is 2.10 bits per heavy atom. The summed E-state index contributed by atoms with van der Waals surface area (Å²) in [6.45, 7) is 4.35. The lowest BCUT2D eigenvalue weighted by atomic mass is 10.1. The Morgan fingerprint density at radius 1 is 1.40 bits per heavy atom. The molecule has 114 valence electrons. The van der Waals surface area contributed by atoms with Crippen LogP contribution in [0.4, 0.5) is 14.5 Å². The van der Waals surface area contributed by atoms with E-state index in [4.69, 9.17) is 16.7 Å². The van der Waals surface area contributed by atoms with Gasteiger partial charge in [0.05, 0.1) is 23.9 Å². The second-order valence-electron chi connectivity index (χ2n) is 4.55. The predicted molar refractivity (Wildman–Crippen MR) is 78.8 cm³/mol. The van der Waals surface area contributed by atoms with E-state index in [2.05, 4.69) is 5.32 Å². The summed E-state index contributed by atoms with van der Waals surface area (Å²) in [5.74, 6) is 0. The maximum atomic E-state index is 12.6. The summed E-state index contributed by atoms with van der Waals surface area (Å²) < 4.78 is 25.1. The summed E-state index contributed by atoms with van der Waals surface area (Å²) >= 11 is 6.19. The predicted octanol–water partition coefficient (Wildman–Crippen LogP) is 3.07. The smallest absolute Gasteiger partial charge is 0.255 e. The molecule has 0 aliphatic rings. The van der Waals surface area contributed by atoms with Gasteiger partial charge in [-0.15, -0.1) is 0 Å². The van der Waals surface area contributed by atoms with Crippen LogP contribution in [0.3, 0.4) is 0 Å².